The summed E-state index contributed by atoms with van der Waals surface area (Å²) in [4.78, 5) is 0. The summed E-state index contributed by atoms with van der Waals surface area (Å²) in [6.45, 7) is 7.36. The highest BCUT2D eigenvalue weighted by atomic mass is 16.7. The molecular weight excluding hydrogens is 297 g/mol. The summed E-state index contributed by atoms with van der Waals surface area (Å²) in [5.74, 6) is -0.153. The van der Waals surface area contributed by atoms with Crippen molar-refractivity contribution in [3.8, 4) is 11.5 Å². The van der Waals surface area contributed by atoms with Gasteiger partial charge in [-0.1, -0.05) is 12.1 Å². The van der Waals surface area contributed by atoms with Crippen LogP contribution < -0.4 is 0 Å². The topological polar surface area (TPSA) is 79.2 Å². The summed E-state index contributed by atoms with van der Waals surface area (Å²) in [6, 6.07) is 6.15. The summed E-state index contributed by atoms with van der Waals surface area (Å²) in [5.41, 5.74) is 0. The van der Waals surface area contributed by atoms with Gasteiger partial charge in [-0.2, -0.15) is 0 Å². The van der Waals surface area contributed by atoms with Crippen LogP contribution in [0.2, 0.25) is 0 Å². The van der Waals surface area contributed by atoms with Crippen LogP contribution in [0.4, 0.5) is 0 Å². The van der Waals surface area contributed by atoms with Crippen molar-refractivity contribution >= 4 is 7.32 Å². The Labute approximate surface area is 141 Å². The molecule has 1 aromatic carbocycles. The molecule has 134 valence electrons. The SMILES string of the molecule is CC(C)OB(O)OC(C)C.C[N+](C)(C)C.Oc1ccccc1O. The van der Waals surface area contributed by atoms with E-state index in [4.69, 9.17) is 24.5 Å². The van der Waals surface area contributed by atoms with E-state index >= 15 is 0 Å². The van der Waals surface area contributed by atoms with E-state index in [2.05, 4.69) is 28.2 Å². The van der Waals surface area contributed by atoms with E-state index < -0.39 is 7.32 Å². The molecule has 0 amide bonds. The fourth-order valence-corrected chi connectivity index (χ4v) is 0.962. The van der Waals surface area contributed by atoms with Crippen LogP contribution in [0.1, 0.15) is 27.7 Å². The summed E-state index contributed by atoms with van der Waals surface area (Å²) >= 11 is 0. The van der Waals surface area contributed by atoms with Crippen LogP contribution in [0.3, 0.4) is 0 Å². The highest BCUT2D eigenvalue weighted by molar-refractivity contribution is 6.34. The zero-order chi connectivity index (χ0) is 18.6. The van der Waals surface area contributed by atoms with E-state index in [0.29, 0.717) is 0 Å². The first kappa shape index (κ1) is 24.0. The largest absolute Gasteiger partial charge is 0.637 e. The van der Waals surface area contributed by atoms with Gasteiger partial charge in [-0.3, -0.25) is 0 Å². The number of quaternary nitrogens is 1. The minimum absolute atomic E-state index is 0.00579. The maximum atomic E-state index is 8.95. The molecular formula is C16H33BNO5+. The molecule has 0 aliphatic heterocycles. The second-order valence-corrected chi connectivity index (χ2v) is 6.85. The zero-order valence-corrected chi connectivity index (χ0v) is 15.6. The van der Waals surface area contributed by atoms with E-state index in [1.165, 1.54) is 12.1 Å². The zero-order valence-electron chi connectivity index (χ0n) is 15.6. The Morgan fingerprint density at radius 3 is 1.26 bits per heavy atom. The van der Waals surface area contributed by atoms with Gasteiger partial charge in [0.1, 0.15) is 0 Å². The van der Waals surface area contributed by atoms with E-state index in [1.807, 2.05) is 27.7 Å². The summed E-state index contributed by atoms with van der Waals surface area (Å²) in [6.07, 6.45) is -0.0116. The number of rotatable bonds is 4. The van der Waals surface area contributed by atoms with Crippen LogP contribution in [0.15, 0.2) is 24.3 Å². The first-order valence-corrected chi connectivity index (χ1v) is 7.57. The predicted octanol–water partition coefficient (Wildman–Crippen LogP) is 2.23. The maximum absolute atomic E-state index is 8.95. The number of phenolic OH excluding ortho intramolecular Hbond substituents is 2. The fourth-order valence-electron chi connectivity index (χ4n) is 0.962. The second kappa shape index (κ2) is 12.2. The van der Waals surface area contributed by atoms with Crippen LogP contribution in [0, 0.1) is 0 Å². The van der Waals surface area contributed by atoms with Crippen molar-refractivity contribution < 1.29 is 29.0 Å². The summed E-state index contributed by atoms with van der Waals surface area (Å²) in [5, 5.41) is 26.3. The first-order valence-electron chi connectivity index (χ1n) is 7.57. The lowest BCUT2D eigenvalue weighted by molar-refractivity contribution is -0.849. The van der Waals surface area contributed by atoms with E-state index in [0.717, 1.165) is 4.48 Å². The molecule has 0 heterocycles. The molecule has 7 heteroatoms. The van der Waals surface area contributed by atoms with Crippen molar-refractivity contribution in [3.05, 3.63) is 24.3 Å². The standard InChI is InChI=1S/C6H15BO3.C6H6O2.C4H12N/c1-5(2)9-7(8)10-6(3)4;7-5-3-1-2-4-6(5)8;1-5(2,3)4/h5-6,8H,1-4H3;1-4,7-8H;1-4H3/q;;+1. The van der Waals surface area contributed by atoms with Gasteiger partial charge in [-0.05, 0) is 39.8 Å². The van der Waals surface area contributed by atoms with Gasteiger partial charge in [0.25, 0.3) is 0 Å². The predicted molar refractivity (Wildman–Crippen MR) is 94.1 cm³/mol. The van der Waals surface area contributed by atoms with Gasteiger partial charge >= 0.3 is 7.32 Å². The molecule has 1 aromatic rings. The number of phenols is 2. The van der Waals surface area contributed by atoms with Gasteiger partial charge < -0.3 is 29.0 Å². The van der Waals surface area contributed by atoms with Crippen molar-refractivity contribution in [2.75, 3.05) is 28.2 Å². The summed E-state index contributed by atoms with van der Waals surface area (Å²) < 4.78 is 10.8. The van der Waals surface area contributed by atoms with Crippen LogP contribution in [0.25, 0.3) is 0 Å². The van der Waals surface area contributed by atoms with E-state index in [1.54, 1.807) is 12.1 Å². The number of para-hydroxylation sites is 2. The Bertz CT molecular complexity index is 371. The van der Waals surface area contributed by atoms with E-state index in [-0.39, 0.29) is 23.7 Å². The first-order chi connectivity index (χ1) is 10.3. The third-order valence-corrected chi connectivity index (χ3v) is 1.66. The quantitative estimate of drug-likeness (QED) is 0.448. The lowest BCUT2D eigenvalue weighted by atomic mass is 10.2. The van der Waals surface area contributed by atoms with Crippen molar-refractivity contribution in [1.29, 1.82) is 0 Å². The highest BCUT2D eigenvalue weighted by Gasteiger charge is 2.18. The van der Waals surface area contributed by atoms with Crippen molar-refractivity contribution in [2.24, 2.45) is 0 Å². The number of hydrogen-bond acceptors (Lipinski definition) is 5. The average molecular weight is 330 g/mol. The molecule has 0 saturated heterocycles. The number of benzene rings is 1. The smallest absolute Gasteiger partial charge is 0.504 e. The molecule has 0 spiro atoms. The third kappa shape index (κ3) is 23.1. The molecule has 0 aliphatic carbocycles. The fraction of sp³-hybridized carbons (Fsp3) is 0.625. The maximum Gasteiger partial charge on any atom is 0.637 e. The Hall–Kier alpha value is -1.28. The Balaban J connectivity index is 0. The van der Waals surface area contributed by atoms with Crippen molar-refractivity contribution in [1.82, 2.24) is 0 Å². The summed E-state index contributed by atoms with van der Waals surface area (Å²) in [7, 11) is 7.42. The minimum atomic E-state index is -1.08. The van der Waals surface area contributed by atoms with E-state index in [9.17, 15) is 0 Å². The van der Waals surface area contributed by atoms with Crippen LogP contribution in [-0.2, 0) is 9.31 Å². The molecule has 0 aromatic heterocycles. The van der Waals surface area contributed by atoms with Crippen LogP contribution in [-0.4, -0.2) is 67.4 Å². The molecule has 0 unspecified atom stereocenters. The molecule has 6 nitrogen and oxygen atoms in total. The van der Waals surface area contributed by atoms with Gasteiger partial charge in [0.2, 0.25) is 0 Å². The highest BCUT2D eigenvalue weighted by Crippen LogP contribution is 2.21. The van der Waals surface area contributed by atoms with Gasteiger partial charge in [0.15, 0.2) is 11.5 Å². The Morgan fingerprint density at radius 2 is 1.09 bits per heavy atom. The van der Waals surface area contributed by atoms with Gasteiger partial charge in [-0.15, -0.1) is 0 Å². The van der Waals surface area contributed by atoms with Crippen LogP contribution >= 0.6 is 0 Å². The normalized spacial score (nSPS) is 10.6. The number of hydrogen-bond donors (Lipinski definition) is 3. The van der Waals surface area contributed by atoms with Gasteiger partial charge in [0.05, 0.1) is 28.2 Å². The molecule has 1 rings (SSSR count). The Kier molecular flexibility index (Phi) is 12.7. The molecule has 0 atom stereocenters. The second-order valence-electron chi connectivity index (χ2n) is 6.85. The molecule has 23 heavy (non-hydrogen) atoms. The van der Waals surface area contributed by atoms with Gasteiger partial charge in [-0.25, -0.2) is 0 Å². The van der Waals surface area contributed by atoms with Crippen molar-refractivity contribution in [3.63, 3.8) is 0 Å². The molecule has 0 saturated carbocycles. The molecule has 0 fully saturated rings. The number of aromatic hydroxyl groups is 2. The molecule has 3 N–H and O–H groups in total. The minimum Gasteiger partial charge on any atom is -0.504 e. The lowest BCUT2D eigenvalue weighted by Gasteiger charge is -2.14. The van der Waals surface area contributed by atoms with Gasteiger partial charge in [0, 0.05) is 12.2 Å². The molecule has 0 radical (unpaired) electrons. The van der Waals surface area contributed by atoms with Crippen molar-refractivity contribution in [2.45, 2.75) is 39.9 Å². The molecule has 0 bridgehead atoms. The number of nitrogens with zero attached hydrogens (tertiary/aromatic N) is 1. The average Bonchev–Trinajstić information content (AvgIpc) is 2.29. The third-order valence-electron chi connectivity index (χ3n) is 1.66. The monoisotopic (exact) mass is 330 g/mol. The van der Waals surface area contributed by atoms with Crippen LogP contribution in [0.5, 0.6) is 11.5 Å². The Morgan fingerprint density at radius 1 is 0.826 bits per heavy atom. The lowest BCUT2D eigenvalue weighted by Crippen LogP contribution is -2.29. The molecule has 0 aliphatic rings.